The van der Waals surface area contributed by atoms with Crippen LogP contribution in [0.15, 0.2) is 59.3 Å². The highest BCUT2D eigenvalue weighted by Crippen LogP contribution is 2.39. The first-order valence-corrected chi connectivity index (χ1v) is 13.4. The number of amides is 1. The van der Waals surface area contributed by atoms with Crippen molar-refractivity contribution >= 4 is 58.5 Å². The highest BCUT2D eigenvalue weighted by Gasteiger charge is 2.30. The summed E-state index contributed by atoms with van der Waals surface area (Å²) in [5, 5.41) is 0.604. The van der Waals surface area contributed by atoms with Crippen molar-refractivity contribution in [3.63, 3.8) is 0 Å². The number of hydrogen-bond donors (Lipinski definition) is 0. The highest BCUT2D eigenvalue weighted by atomic mass is 35.5. The van der Waals surface area contributed by atoms with Gasteiger partial charge in [0.05, 0.1) is 35.1 Å². The first kappa shape index (κ1) is 28.8. The fourth-order valence-electron chi connectivity index (χ4n) is 3.88. The number of benzene rings is 1. The summed E-state index contributed by atoms with van der Waals surface area (Å²) >= 11 is 14.2. The van der Waals surface area contributed by atoms with E-state index < -0.39 is 11.9 Å². The van der Waals surface area contributed by atoms with Gasteiger partial charge in [-0.15, -0.1) is 11.8 Å². The Labute approximate surface area is 230 Å². The largest absolute Gasteiger partial charge is 0.468 e. The second-order valence-electron chi connectivity index (χ2n) is 8.34. The van der Waals surface area contributed by atoms with Crippen LogP contribution in [0.25, 0.3) is 0 Å². The lowest BCUT2D eigenvalue weighted by Crippen LogP contribution is -2.34. The topological polar surface area (TPSA) is 85.8 Å². The van der Waals surface area contributed by atoms with E-state index in [0.29, 0.717) is 39.6 Å². The molecule has 1 aliphatic rings. The molecule has 0 bridgehead atoms. The molecule has 0 atom stereocenters. The molecule has 0 unspecified atom stereocenters. The van der Waals surface area contributed by atoms with E-state index in [9.17, 15) is 14.4 Å². The number of aromatic nitrogens is 1. The fourth-order valence-corrected chi connectivity index (χ4v) is 5.31. The van der Waals surface area contributed by atoms with Crippen LogP contribution in [-0.4, -0.2) is 42.3 Å². The Morgan fingerprint density at radius 1 is 1.16 bits per heavy atom. The fraction of sp³-hybridized carbons (Fsp3) is 0.333. The van der Waals surface area contributed by atoms with E-state index >= 15 is 0 Å². The van der Waals surface area contributed by atoms with Crippen molar-refractivity contribution in [2.45, 2.75) is 44.0 Å². The lowest BCUT2D eigenvalue weighted by molar-refractivity contribution is -0.138. The minimum absolute atomic E-state index is 0.0391. The van der Waals surface area contributed by atoms with Gasteiger partial charge in [0.15, 0.2) is 0 Å². The van der Waals surface area contributed by atoms with Crippen LogP contribution in [-0.2, 0) is 30.4 Å². The van der Waals surface area contributed by atoms with Gasteiger partial charge in [0.25, 0.3) is 5.91 Å². The van der Waals surface area contributed by atoms with E-state index in [-0.39, 0.29) is 29.8 Å². The van der Waals surface area contributed by atoms with Crippen LogP contribution < -0.4 is 4.90 Å². The molecule has 3 rings (SSSR count). The number of halogens is 2. The van der Waals surface area contributed by atoms with Crippen molar-refractivity contribution in [3.8, 4) is 0 Å². The molecule has 0 saturated carbocycles. The first-order valence-electron chi connectivity index (χ1n) is 11.7. The van der Waals surface area contributed by atoms with Gasteiger partial charge in [-0.3, -0.25) is 14.6 Å². The number of ether oxygens (including phenoxy) is 2. The number of aryl methyl sites for hydroxylation is 1. The molecule has 0 aliphatic heterocycles. The second-order valence-corrected chi connectivity index (χ2v) is 10.2. The summed E-state index contributed by atoms with van der Waals surface area (Å²) in [5.41, 5.74) is 2.94. The van der Waals surface area contributed by atoms with E-state index in [4.69, 9.17) is 32.7 Å². The molecule has 2 aromatic rings. The Hall–Kier alpha value is -2.81. The van der Waals surface area contributed by atoms with Crippen molar-refractivity contribution in [2.24, 2.45) is 0 Å². The van der Waals surface area contributed by atoms with Crippen molar-refractivity contribution < 1.29 is 23.9 Å². The third-order valence-corrected chi connectivity index (χ3v) is 7.65. The van der Waals surface area contributed by atoms with Gasteiger partial charge < -0.3 is 14.4 Å². The van der Waals surface area contributed by atoms with Crippen LogP contribution in [0.5, 0.6) is 0 Å². The van der Waals surface area contributed by atoms with Gasteiger partial charge in [-0.1, -0.05) is 35.9 Å². The summed E-state index contributed by atoms with van der Waals surface area (Å²) in [6.45, 7) is 5.74. The maximum atomic E-state index is 14.1. The van der Waals surface area contributed by atoms with Crippen LogP contribution >= 0.6 is 35.0 Å². The third-order valence-electron chi connectivity index (χ3n) is 5.89. The zero-order valence-corrected chi connectivity index (χ0v) is 23.0. The van der Waals surface area contributed by atoms with Crippen LogP contribution in [0.3, 0.4) is 0 Å². The Morgan fingerprint density at radius 2 is 1.89 bits per heavy atom. The molecular formula is C27H28Cl2N2O5S. The minimum Gasteiger partial charge on any atom is -0.468 e. The Morgan fingerprint density at radius 3 is 2.57 bits per heavy atom. The lowest BCUT2D eigenvalue weighted by Gasteiger charge is -2.29. The normalized spacial score (nSPS) is 13.2. The molecule has 1 aromatic carbocycles. The van der Waals surface area contributed by atoms with Gasteiger partial charge in [0, 0.05) is 28.4 Å². The van der Waals surface area contributed by atoms with E-state index in [1.54, 1.807) is 24.5 Å². The zero-order chi connectivity index (χ0) is 26.9. The summed E-state index contributed by atoms with van der Waals surface area (Å²) in [5.74, 6) is -1.23. The van der Waals surface area contributed by atoms with Gasteiger partial charge in [-0.25, -0.2) is 4.79 Å². The van der Waals surface area contributed by atoms with Gasteiger partial charge in [0.2, 0.25) is 0 Å². The van der Waals surface area contributed by atoms with E-state index in [1.807, 2.05) is 13.0 Å². The molecule has 1 heterocycles. The van der Waals surface area contributed by atoms with Crippen LogP contribution in [0.1, 0.15) is 36.8 Å². The van der Waals surface area contributed by atoms with E-state index in [2.05, 4.69) is 11.6 Å². The summed E-state index contributed by atoms with van der Waals surface area (Å²) in [6.07, 6.45) is 7.31. The molecule has 1 aliphatic carbocycles. The van der Waals surface area contributed by atoms with Crippen molar-refractivity contribution in [3.05, 3.63) is 75.6 Å². The third kappa shape index (κ3) is 7.37. The summed E-state index contributed by atoms with van der Waals surface area (Å²) in [6, 6.07) is 5.08. The Bertz CT molecular complexity index is 1230. The number of thioether (sulfide) groups is 1. The van der Waals surface area contributed by atoms with E-state index in [0.717, 1.165) is 24.0 Å². The molecule has 196 valence electrons. The predicted octanol–water partition coefficient (Wildman–Crippen LogP) is 6.09. The van der Waals surface area contributed by atoms with Crippen molar-refractivity contribution in [1.82, 2.24) is 4.98 Å². The standard InChI is InChI=1S/C27H28Cl2N2O5S/c1-4-11-36-27(34)20-8-6-5-7-19(20)26(33)31(15-18-14-30-10-9-17(18)2)23-13-24(22(29)12-21(23)28)37-16-25(32)35-3/h4,9-10,12-14H,1,5-8,11,15-16H2,2-3H3. The average molecular weight is 564 g/mol. The molecular weight excluding hydrogens is 535 g/mol. The quantitative estimate of drug-likeness (QED) is 0.196. The number of carbonyl (C=O) groups is 3. The van der Waals surface area contributed by atoms with Gasteiger partial charge in [0.1, 0.15) is 6.61 Å². The monoisotopic (exact) mass is 562 g/mol. The van der Waals surface area contributed by atoms with Gasteiger partial charge >= 0.3 is 11.9 Å². The number of esters is 2. The maximum absolute atomic E-state index is 14.1. The Balaban J connectivity index is 2.10. The number of carbonyl (C=O) groups excluding carboxylic acids is 3. The Kier molecular flexibility index (Phi) is 10.6. The number of nitrogens with zero attached hydrogens (tertiary/aromatic N) is 2. The number of rotatable bonds is 10. The molecule has 1 amide bonds. The van der Waals surface area contributed by atoms with Crippen molar-refractivity contribution in [2.75, 3.05) is 24.4 Å². The molecule has 7 nitrogen and oxygen atoms in total. The predicted molar refractivity (Wildman–Crippen MR) is 146 cm³/mol. The molecule has 0 N–H and O–H groups in total. The molecule has 37 heavy (non-hydrogen) atoms. The second kappa shape index (κ2) is 13.7. The van der Waals surface area contributed by atoms with Crippen LogP contribution in [0, 0.1) is 6.92 Å². The summed E-state index contributed by atoms with van der Waals surface area (Å²) < 4.78 is 10.00. The SMILES string of the molecule is C=CCOC(=O)C1=C(C(=O)N(Cc2cnccc2C)c2cc(SCC(=O)OC)c(Cl)cc2Cl)CCCC1. The number of pyridine rings is 1. The average Bonchev–Trinajstić information content (AvgIpc) is 2.90. The molecule has 1 aromatic heterocycles. The van der Waals surface area contributed by atoms with E-state index in [1.165, 1.54) is 29.8 Å². The van der Waals surface area contributed by atoms with Crippen LogP contribution in [0.2, 0.25) is 10.0 Å². The number of methoxy groups -OCH3 is 1. The van der Waals surface area contributed by atoms with Gasteiger partial charge in [-0.05, 0) is 61.9 Å². The maximum Gasteiger partial charge on any atom is 0.334 e. The molecule has 10 heteroatoms. The van der Waals surface area contributed by atoms with Gasteiger partial charge in [-0.2, -0.15) is 0 Å². The number of hydrogen-bond acceptors (Lipinski definition) is 7. The summed E-state index contributed by atoms with van der Waals surface area (Å²) in [4.78, 5) is 44.9. The number of anilines is 1. The molecule has 0 fully saturated rings. The summed E-state index contributed by atoms with van der Waals surface area (Å²) in [7, 11) is 1.31. The minimum atomic E-state index is -0.517. The van der Waals surface area contributed by atoms with Crippen molar-refractivity contribution in [1.29, 1.82) is 0 Å². The smallest absolute Gasteiger partial charge is 0.334 e. The first-order chi connectivity index (χ1) is 17.8. The molecule has 0 spiro atoms. The lowest BCUT2D eigenvalue weighted by atomic mass is 9.90. The molecule has 0 saturated heterocycles. The zero-order valence-electron chi connectivity index (χ0n) is 20.7. The molecule has 0 radical (unpaired) electrons. The highest BCUT2D eigenvalue weighted by molar-refractivity contribution is 8.00. The van der Waals surface area contributed by atoms with Crippen LogP contribution in [0.4, 0.5) is 5.69 Å².